The third-order valence-electron chi connectivity index (χ3n) is 15.2. The van der Waals surface area contributed by atoms with Crippen molar-refractivity contribution in [3.63, 3.8) is 0 Å². The minimum absolute atomic E-state index is 0.0586. The lowest BCUT2D eigenvalue weighted by atomic mass is 9.87. The van der Waals surface area contributed by atoms with Gasteiger partial charge >= 0.3 is 0 Å². The summed E-state index contributed by atoms with van der Waals surface area (Å²) in [7, 11) is 0. The predicted octanol–water partition coefficient (Wildman–Crippen LogP) is 18.0. The molecule has 2 aromatic heterocycles. The van der Waals surface area contributed by atoms with Gasteiger partial charge in [0, 0.05) is 50.2 Å². The van der Waals surface area contributed by atoms with E-state index in [2.05, 4.69) is 76.2 Å². The SMILES string of the molecule is CCCCC(CC)COCC(CC)(COCC(CC)CCCC)COc1c(C)csc1C(=O)CCC(=O)c1scc2c1OCC(COCC(CC)CCCC)(COCC(CC)CCCC)CO2.CCCCCC. The summed E-state index contributed by atoms with van der Waals surface area (Å²) in [6, 6.07) is 0. The van der Waals surface area contributed by atoms with Crippen molar-refractivity contribution >= 4 is 34.2 Å². The van der Waals surface area contributed by atoms with Crippen molar-refractivity contribution < 1.29 is 42.7 Å². The summed E-state index contributed by atoms with van der Waals surface area (Å²) in [6.07, 6.45) is 25.1. The van der Waals surface area contributed by atoms with Gasteiger partial charge in [-0.2, -0.15) is 0 Å². The number of rotatable bonds is 44. The molecule has 0 spiro atoms. The first-order valence-corrected chi connectivity index (χ1v) is 31.6. The Morgan fingerprint density at radius 2 is 0.959 bits per heavy atom. The van der Waals surface area contributed by atoms with Crippen LogP contribution in [0, 0.1) is 41.4 Å². The zero-order chi connectivity index (χ0) is 53.7. The molecule has 0 saturated heterocycles. The smallest absolute Gasteiger partial charge is 0.182 e. The third kappa shape index (κ3) is 25.3. The highest BCUT2D eigenvalue weighted by atomic mass is 32.1. The van der Waals surface area contributed by atoms with E-state index < -0.39 is 5.41 Å². The second kappa shape index (κ2) is 40.2. The van der Waals surface area contributed by atoms with E-state index in [1.165, 1.54) is 113 Å². The molecule has 0 N–H and O–H groups in total. The van der Waals surface area contributed by atoms with Crippen LogP contribution in [0.3, 0.4) is 0 Å². The van der Waals surface area contributed by atoms with Crippen LogP contribution in [0.4, 0.5) is 0 Å². The van der Waals surface area contributed by atoms with Gasteiger partial charge in [-0.25, -0.2) is 0 Å². The van der Waals surface area contributed by atoms with Crippen molar-refractivity contribution in [3.05, 3.63) is 26.1 Å². The van der Waals surface area contributed by atoms with E-state index in [0.717, 1.165) is 63.7 Å². The molecule has 0 radical (unpaired) electrons. The van der Waals surface area contributed by atoms with Gasteiger partial charge < -0.3 is 33.2 Å². The molecule has 9 nitrogen and oxygen atoms in total. The van der Waals surface area contributed by atoms with Crippen LogP contribution in [-0.2, 0) is 18.9 Å². The number of fused-ring (bicyclic) bond motifs is 1. The van der Waals surface area contributed by atoms with Crippen molar-refractivity contribution in [2.75, 3.05) is 72.7 Å². The molecule has 3 rings (SSSR count). The fraction of sp³-hybridized carbons (Fsp3) is 0.839. The Bertz CT molecular complexity index is 1640. The molecule has 11 heteroatoms. The van der Waals surface area contributed by atoms with Crippen molar-refractivity contribution in [2.45, 2.75) is 231 Å². The maximum Gasteiger partial charge on any atom is 0.182 e. The van der Waals surface area contributed by atoms with Crippen molar-refractivity contribution in [1.29, 1.82) is 0 Å². The van der Waals surface area contributed by atoms with E-state index in [1.807, 2.05) is 17.7 Å². The zero-order valence-electron chi connectivity index (χ0n) is 49.0. The van der Waals surface area contributed by atoms with Crippen LogP contribution in [-0.4, -0.2) is 84.2 Å². The lowest BCUT2D eigenvalue weighted by molar-refractivity contribution is -0.0715. The highest BCUT2D eigenvalue weighted by Crippen LogP contribution is 2.43. The molecule has 4 unspecified atom stereocenters. The fourth-order valence-corrected chi connectivity index (χ4v) is 11.1. The quantitative estimate of drug-likeness (QED) is 0.0475. The Balaban J connectivity index is 0.00000286. The number of carbonyl (C=O) groups is 2. The normalized spacial score (nSPS) is 17.0. The second-order valence-corrected chi connectivity index (χ2v) is 23.6. The predicted molar refractivity (Wildman–Crippen MR) is 309 cm³/mol. The van der Waals surface area contributed by atoms with Crippen LogP contribution in [0.5, 0.6) is 17.2 Å². The topological polar surface area (TPSA) is 98.8 Å². The molecule has 1 aliphatic rings. The largest absolute Gasteiger partial charge is 0.491 e. The monoisotopic (exact) mass is 1060 g/mol. The number of Topliss-reactive ketones (excluding diaryl/α,β-unsaturated/α-hetero) is 2. The molecule has 2 aromatic rings. The van der Waals surface area contributed by atoms with Gasteiger partial charge in [0.05, 0.1) is 43.9 Å². The second-order valence-electron chi connectivity index (χ2n) is 21.8. The maximum absolute atomic E-state index is 14.0. The molecular formula is C62H110O9S2. The van der Waals surface area contributed by atoms with Gasteiger partial charge in [0.2, 0.25) is 0 Å². The van der Waals surface area contributed by atoms with Gasteiger partial charge in [-0.1, -0.05) is 179 Å². The highest BCUT2D eigenvalue weighted by Gasteiger charge is 2.39. The average Bonchev–Trinajstić information content (AvgIpc) is 3.95. The first kappa shape index (κ1) is 67.1. The van der Waals surface area contributed by atoms with Crippen LogP contribution < -0.4 is 14.2 Å². The molecule has 4 atom stereocenters. The standard InChI is InChI=1S/C56H96O9S2.C6H14/c1-11-20-24-44(15-5)30-59-36-55(19-9,37-60-31-45(16-6)25-21-12-2)40-64-51-43(10)34-66-53(51)48(57)28-29-49(58)54-52-50(35-67-54)63-41-56(42-65-52,38-61-32-46(17-7)26-22-13-3)39-62-33-47(18-8)27-23-14-4;1-3-5-6-4-2/h34-35,44-47H,11-33,36-42H2,1-10H3;3-6H2,1-2H3. The van der Waals surface area contributed by atoms with Gasteiger partial charge in [0.15, 0.2) is 23.1 Å². The van der Waals surface area contributed by atoms with E-state index in [1.54, 1.807) is 0 Å². The van der Waals surface area contributed by atoms with Crippen molar-refractivity contribution in [2.24, 2.45) is 34.5 Å². The zero-order valence-corrected chi connectivity index (χ0v) is 50.6. The summed E-state index contributed by atoms with van der Waals surface area (Å²) in [5.41, 5.74) is 0.0231. The summed E-state index contributed by atoms with van der Waals surface area (Å²) < 4.78 is 45.7. The lowest BCUT2D eigenvalue weighted by Crippen LogP contribution is -2.43. The minimum Gasteiger partial charge on any atom is -0.491 e. The minimum atomic E-state index is -0.529. The summed E-state index contributed by atoms with van der Waals surface area (Å²) in [4.78, 5) is 29.0. The molecule has 0 amide bonds. The fourth-order valence-electron chi connectivity index (χ4n) is 9.24. The number of hydrogen-bond acceptors (Lipinski definition) is 11. The maximum atomic E-state index is 14.0. The molecule has 0 fully saturated rings. The molecule has 0 aliphatic carbocycles. The van der Waals surface area contributed by atoms with Crippen LogP contribution in [0.1, 0.15) is 249 Å². The summed E-state index contributed by atoms with van der Waals surface area (Å²) in [5.74, 6) is 3.52. The van der Waals surface area contributed by atoms with Gasteiger partial charge in [0.25, 0.3) is 0 Å². The molecule has 3 heterocycles. The number of thiophene rings is 2. The molecule has 424 valence electrons. The molecule has 0 aromatic carbocycles. The summed E-state index contributed by atoms with van der Waals surface area (Å²) in [5, 5.41) is 3.84. The lowest BCUT2D eigenvalue weighted by Gasteiger charge is -2.33. The van der Waals surface area contributed by atoms with Crippen LogP contribution in [0.25, 0.3) is 0 Å². The average molecular weight is 1060 g/mol. The Hall–Kier alpha value is -2.02. The number of aryl methyl sites for hydroxylation is 1. The number of ether oxygens (including phenoxy) is 7. The van der Waals surface area contributed by atoms with Crippen LogP contribution >= 0.6 is 22.7 Å². The Kier molecular flexibility index (Phi) is 37.0. The molecular weight excluding hydrogens is 953 g/mol. The van der Waals surface area contributed by atoms with E-state index >= 15 is 0 Å². The van der Waals surface area contributed by atoms with Gasteiger partial charge in [-0.05, 0) is 68.1 Å². The number of ketones is 2. The van der Waals surface area contributed by atoms with Crippen molar-refractivity contribution in [1.82, 2.24) is 0 Å². The first-order valence-electron chi connectivity index (χ1n) is 29.9. The number of hydrogen-bond donors (Lipinski definition) is 0. The van der Waals surface area contributed by atoms with E-state index in [4.69, 9.17) is 33.2 Å². The third-order valence-corrected chi connectivity index (χ3v) is 17.3. The Morgan fingerprint density at radius 3 is 1.38 bits per heavy atom. The highest BCUT2D eigenvalue weighted by molar-refractivity contribution is 7.13. The summed E-state index contributed by atoms with van der Waals surface area (Å²) >= 11 is 2.72. The van der Waals surface area contributed by atoms with Crippen LogP contribution in [0.15, 0.2) is 10.8 Å². The molecule has 0 saturated carbocycles. The first-order chi connectivity index (χ1) is 35.4. The van der Waals surface area contributed by atoms with E-state index in [9.17, 15) is 9.59 Å². The summed E-state index contributed by atoms with van der Waals surface area (Å²) in [6.45, 7) is 32.5. The molecule has 1 aliphatic heterocycles. The molecule has 73 heavy (non-hydrogen) atoms. The Labute approximate surface area is 456 Å². The number of carbonyl (C=O) groups excluding carboxylic acids is 2. The van der Waals surface area contributed by atoms with Gasteiger partial charge in [0.1, 0.15) is 28.7 Å². The van der Waals surface area contributed by atoms with E-state index in [0.29, 0.717) is 110 Å². The number of unbranched alkanes of at least 4 members (excludes halogenated alkanes) is 7. The van der Waals surface area contributed by atoms with Gasteiger partial charge in [-0.15, -0.1) is 22.7 Å². The Morgan fingerprint density at radius 1 is 0.548 bits per heavy atom. The van der Waals surface area contributed by atoms with Crippen LogP contribution in [0.2, 0.25) is 0 Å². The van der Waals surface area contributed by atoms with Gasteiger partial charge in [-0.3, -0.25) is 9.59 Å². The van der Waals surface area contributed by atoms with E-state index in [-0.39, 0.29) is 29.8 Å². The van der Waals surface area contributed by atoms with Crippen molar-refractivity contribution in [3.8, 4) is 17.2 Å². The molecule has 0 bridgehead atoms.